The lowest BCUT2D eigenvalue weighted by molar-refractivity contribution is -0.393. The van der Waals surface area contributed by atoms with Gasteiger partial charge in [-0.25, -0.2) is 0 Å². The van der Waals surface area contributed by atoms with Crippen molar-refractivity contribution >= 4 is 12.4 Å². The molecule has 1 fully saturated rings. The fraction of sp³-hybridized carbons (Fsp3) is 0.818. The number of rotatable bonds is 6. The molecule has 0 radical (unpaired) electrons. The number of hydrogen-bond acceptors (Lipinski definition) is 9. The number of ether oxygens (including phenoxy) is 2. The maximum atomic E-state index is 11.1. The lowest BCUT2D eigenvalue weighted by atomic mass is 7.14. The first-order valence-electron chi connectivity index (χ1n) is 6.18. The van der Waals surface area contributed by atoms with E-state index in [1.54, 1.807) is 0 Å². The van der Waals surface area contributed by atoms with Crippen molar-refractivity contribution in [1.82, 2.24) is 5.32 Å². The Kier molecular flexibility index (Phi) is 6.01. The summed E-state index contributed by atoms with van der Waals surface area (Å²) in [6.07, 6.45) is -6.95. The molecule has 122 valence electrons. The van der Waals surface area contributed by atoms with Gasteiger partial charge in [0.05, 0.1) is 25.2 Å². The maximum absolute atomic E-state index is 11.1. The number of aliphatic hydroxyl groups excluding tert-OH is 4. The molecule has 1 aliphatic heterocycles. The summed E-state index contributed by atoms with van der Waals surface area (Å²) >= 11 is 0. The average molecular weight is 302 g/mol. The van der Waals surface area contributed by atoms with Gasteiger partial charge in [-0.3, -0.25) is 9.59 Å². The third kappa shape index (κ3) is 4.33. The van der Waals surface area contributed by atoms with Crippen LogP contribution in [0, 0.1) is 0 Å². The average Bonchev–Trinajstić information content (AvgIpc) is 2.39. The van der Waals surface area contributed by atoms with Crippen molar-refractivity contribution < 1.29 is 44.6 Å². The van der Waals surface area contributed by atoms with Crippen LogP contribution in [0.3, 0.4) is 0 Å². The van der Waals surface area contributed by atoms with Gasteiger partial charge in [-0.1, -0.05) is 0 Å². The maximum Gasteiger partial charge on any atom is 0.329 e. The molecule has 0 aromatic heterocycles. The van der Waals surface area contributed by atoms with Crippen molar-refractivity contribution in [1.29, 1.82) is 0 Å². The first kappa shape index (κ1) is 17.8. The van der Waals surface area contributed by atoms with Crippen LogP contribution in [-0.4, -0.2) is 80.9 Å². The summed E-state index contributed by atoms with van der Waals surface area (Å²) in [7, 11) is 0. The van der Waals surface area contributed by atoms with Gasteiger partial charge in [0.15, 0.2) is 0 Å². The van der Waals surface area contributed by atoms with Crippen molar-refractivity contribution in [2.24, 2.45) is 0 Å². The minimum atomic E-state index is -2.52. The molecule has 10 nitrogen and oxygen atoms in total. The Bertz CT molecular complexity index is 379. The van der Waals surface area contributed by atoms with Gasteiger partial charge in [0.1, 0.15) is 18.3 Å². The fourth-order valence-electron chi connectivity index (χ4n) is 2.12. The van der Waals surface area contributed by atoms with E-state index in [2.05, 4.69) is 10.1 Å². The molecule has 0 bridgehead atoms. The van der Waals surface area contributed by atoms with Gasteiger partial charge in [0, 0.05) is 6.92 Å². The summed E-state index contributed by atoms with van der Waals surface area (Å²) in [5.41, 5.74) is 0. The van der Waals surface area contributed by atoms with Gasteiger partial charge >= 0.3 is 5.97 Å². The number of aliphatic hydroxyl groups is 5. The Hall–Kier alpha value is -1.30. The molecule has 1 heterocycles. The summed E-state index contributed by atoms with van der Waals surface area (Å²) in [6, 6.07) is -1.19. The molecule has 6 N–H and O–H groups in total. The monoisotopic (exact) mass is 302 g/mol. The van der Waals surface area contributed by atoms with Gasteiger partial charge < -0.3 is 40.3 Å². The zero-order valence-corrected chi connectivity index (χ0v) is 11.2. The van der Waals surface area contributed by atoms with Gasteiger partial charge in [-0.15, -0.1) is 0 Å². The number of hydrogen-bond donors (Lipinski definition) is 6. The van der Waals surface area contributed by atoms with Gasteiger partial charge in [-0.2, -0.15) is 0 Å². The summed E-state index contributed by atoms with van der Waals surface area (Å²) in [4.78, 5) is 21.5. The molecule has 10 heteroatoms. The first-order valence-corrected chi connectivity index (χ1v) is 6.18. The highest BCUT2D eigenvalue weighted by Gasteiger charge is 2.51. The molecule has 0 saturated carbocycles. The lowest BCUT2D eigenvalue weighted by Crippen LogP contribution is -2.66. The van der Waals surface area contributed by atoms with Crippen LogP contribution in [0.25, 0.3) is 0 Å². The molecule has 0 aromatic rings. The Labute approximate surface area is 119 Å². The van der Waals surface area contributed by atoms with Crippen LogP contribution in [0.5, 0.6) is 0 Å². The topological polar surface area (TPSA) is 166 Å². The Balaban J connectivity index is 3.01. The van der Waals surface area contributed by atoms with E-state index >= 15 is 0 Å². The van der Waals surface area contributed by atoms with Crippen LogP contribution in [0.4, 0.5) is 0 Å². The minimum Gasteiger partial charge on any atom is -0.410 e. The number of nitrogens with one attached hydrogen (secondary N) is 1. The number of amides is 1. The second kappa shape index (κ2) is 7.11. The van der Waals surface area contributed by atoms with Crippen LogP contribution >= 0.6 is 0 Å². The minimum absolute atomic E-state index is 0.114. The van der Waals surface area contributed by atoms with Crippen molar-refractivity contribution in [2.75, 3.05) is 6.61 Å². The summed E-state index contributed by atoms with van der Waals surface area (Å²) in [5.74, 6) is -3.07. The second-order valence-corrected chi connectivity index (χ2v) is 4.75. The van der Waals surface area contributed by atoms with Crippen molar-refractivity contribution in [3.05, 3.63) is 0 Å². The van der Waals surface area contributed by atoms with Crippen molar-refractivity contribution in [3.63, 3.8) is 0 Å². The van der Waals surface area contributed by atoms with Crippen molar-refractivity contribution in [3.8, 4) is 0 Å². The van der Waals surface area contributed by atoms with E-state index in [0.29, 0.717) is 0 Å². The molecule has 1 aliphatic rings. The predicted molar refractivity (Wildman–Crippen MR) is 64.3 cm³/mol. The van der Waals surface area contributed by atoms with E-state index in [4.69, 9.17) is 9.84 Å². The SMILES string of the molecule is CC(=O)NC1[C@H](C(O)[8CH](O)[9CH2]O)OC(O)(OC=O)C[C@H]1O. The van der Waals surface area contributed by atoms with Crippen LogP contribution in [0.15, 0.2) is 0 Å². The quantitative estimate of drug-likeness (QED) is 0.213. The number of carbonyl (C=O) groups is 2. The van der Waals surface area contributed by atoms with Crippen LogP contribution in [-0.2, 0) is 19.1 Å². The third-order valence-corrected chi connectivity index (χ3v) is 3.08. The van der Waals surface area contributed by atoms with E-state index in [0.717, 1.165) is 6.92 Å². The number of carbonyl (C=O) groups excluding carboxylic acids is 2. The molecular formula is C11H19NO9. The molecule has 1 saturated heterocycles. The molecule has 1 rings (SSSR count). The van der Waals surface area contributed by atoms with E-state index in [1.165, 1.54) is 0 Å². The fourth-order valence-corrected chi connectivity index (χ4v) is 2.12. The molecule has 21 heavy (non-hydrogen) atoms. The molecule has 6 atom stereocenters. The Morgan fingerprint density at radius 2 is 2.29 bits per heavy atom. The Morgan fingerprint density at radius 1 is 1.67 bits per heavy atom. The van der Waals surface area contributed by atoms with Crippen LogP contribution in [0.2, 0.25) is 0 Å². The largest absolute Gasteiger partial charge is 0.410 e. The second-order valence-electron chi connectivity index (χ2n) is 4.75. The van der Waals surface area contributed by atoms with Gasteiger partial charge in [0.2, 0.25) is 5.91 Å². The summed E-state index contributed by atoms with van der Waals surface area (Å²) in [6.45, 7) is 0.218. The predicted octanol–water partition coefficient (Wildman–Crippen LogP) is -3.83. The van der Waals surface area contributed by atoms with E-state index < -0.39 is 55.4 Å². The van der Waals surface area contributed by atoms with Crippen LogP contribution < -0.4 is 5.32 Å². The standard InChI is InChI=1S/C11H19NO9/c1-5(15)12-8-6(16)2-11(19,20-4-14)21-10(8)9(18)7(17)3-13/h4,6-10,13,16-19H,2-3H2,1H3,(H,12,15)/t6-,7?,8?,9?,10-,11?/m1/s1/i3-3,7-4. The highest BCUT2D eigenvalue weighted by Crippen LogP contribution is 2.30. The van der Waals surface area contributed by atoms with E-state index in [9.17, 15) is 30.0 Å². The zero-order chi connectivity index (χ0) is 16.2. The van der Waals surface area contributed by atoms with Crippen LogP contribution in [0.1, 0.15) is 13.3 Å². The molecule has 0 spiro atoms. The molecule has 0 aromatic carbocycles. The Morgan fingerprint density at radius 3 is 2.76 bits per heavy atom. The highest BCUT2D eigenvalue weighted by molar-refractivity contribution is 5.73. The smallest absolute Gasteiger partial charge is 0.329 e. The first-order chi connectivity index (χ1) is 9.74. The normalized spacial score (nSPS) is 35.6. The molecular weight excluding hydrogens is 283 g/mol. The molecule has 4 unspecified atom stereocenters. The van der Waals surface area contributed by atoms with Gasteiger partial charge in [-0.05, 0) is 0 Å². The summed E-state index contributed by atoms with van der Waals surface area (Å²) < 4.78 is 9.30. The van der Waals surface area contributed by atoms with E-state index in [1.807, 2.05) is 0 Å². The molecule has 0 aliphatic carbocycles. The highest BCUT2D eigenvalue weighted by atomic mass is 16.8. The third-order valence-electron chi connectivity index (χ3n) is 3.08. The van der Waals surface area contributed by atoms with Gasteiger partial charge in [0.25, 0.3) is 6.47 Å². The summed E-state index contributed by atoms with van der Waals surface area (Å²) in [5, 5.41) is 50.3. The van der Waals surface area contributed by atoms with E-state index in [-0.39, 0.29) is 6.47 Å². The lowest BCUT2D eigenvalue weighted by Gasteiger charge is -2.44. The zero-order valence-electron chi connectivity index (χ0n) is 11.2. The molecule has 1 amide bonds. The van der Waals surface area contributed by atoms with Crippen molar-refractivity contribution in [2.45, 2.75) is 49.8 Å².